The molecule has 0 radical (unpaired) electrons. The first-order valence-corrected chi connectivity index (χ1v) is 7.31. The fourth-order valence-corrected chi connectivity index (χ4v) is 5.05. The Bertz CT molecular complexity index is 240. The molecule has 1 heterocycles. The number of hydrogen-bond acceptors (Lipinski definition) is 1. The minimum Gasteiger partial charge on any atom is -0.146 e. The van der Waals surface area contributed by atoms with Gasteiger partial charge >= 0.3 is 0 Å². The van der Waals surface area contributed by atoms with Crippen molar-refractivity contribution >= 4 is 11.8 Å². The van der Waals surface area contributed by atoms with Gasteiger partial charge in [-0.1, -0.05) is 20.8 Å². The molecule has 2 fully saturated rings. The zero-order chi connectivity index (χ0) is 11.3. The molecule has 2 rings (SSSR count). The van der Waals surface area contributed by atoms with Crippen LogP contribution in [0.2, 0.25) is 0 Å². The van der Waals surface area contributed by atoms with Gasteiger partial charge in [0.1, 0.15) is 0 Å². The van der Waals surface area contributed by atoms with E-state index in [4.69, 9.17) is 0 Å². The van der Waals surface area contributed by atoms with Gasteiger partial charge in [-0.3, -0.25) is 0 Å². The second kappa shape index (κ2) is 3.42. The summed E-state index contributed by atoms with van der Waals surface area (Å²) in [5, 5.41) is 0. The highest BCUT2D eigenvalue weighted by molar-refractivity contribution is 8.09. The quantitative estimate of drug-likeness (QED) is 0.605. The number of rotatable bonds is 2. The summed E-state index contributed by atoms with van der Waals surface area (Å²) < 4.78 is 1.25. The van der Waals surface area contributed by atoms with Crippen LogP contribution in [0.1, 0.15) is 66.7 Å². The third-order valence-electron chi connectivity index (χ3n) is 4.84. The average molecular weight is 226 g/mol. The summed E-state index contributed by atoms with van der Waals surface area (Å²) in [5.41, 5.74) is 0.633. The van der Waals surface area contributed by atoms with Crippen LogP contribution in [-0.4, -0.2) is 9.49 Å². The van der Waals surface area contributed by atoms with Crippen molar-refractivity contribution in [2.45, 2.75) is 76.2 Å². The average Bonchev–Trinajstić information content (AvgIpc) is 2.65. The summed E-state index contributed by atoms with van der Waals surface area (Å²) >= 11 is 2.24. The molecular formula is C14H26S. The van der Waals surface area contributed by atoms with Crippen molar-refractivity contribution < 1.29 is 0 Å². The Balaban J connectivity index is 2.02. The van der Waals surface area contributed by atoms with E-state index in [1.807, 2.05) is 0 Å². The maximum absolute atomic E-state index is 2.52. The molecule has 0 bridgehead atoms. The summed E-state index contributed by atoms with van der Waals surface area (Å²) in [6, 6.07) is 0. The Hall–Kier alpha value is 0.350. The molecule has 1 aliphatic heterocycles. The normalized spacial score (nSPS) is 50.0. The van der Waals surface area contributed by atoms with Crippen LogP contribution in [0.3, 0.4) is 0 Å². The summed E-state index contributed by atoms with van der Waals surface area (Å²) in [4.78, 5) is 0. The molecule has 0 aromatic rings. The van der Waals surface area contributed by atoms with E-state index in [2.05, 4.69) is 46.4 Å². The molecule has 1 heteroatoms. The number of fused-ring (bicyclic) bond motifs is 1. The van der Waals surface area contributed by atoms with Crippen LogP contribution < -0.4 is 0 Å². The molecule has 0 N–H and O–H groups in total. The van der Waals surface area contributed by atoms with Gasteiger partial charge in [0, 0.05) is 9.49 Å². The molecule has 0 aromatic carbocycles. The molecule has 2 unspecified atom stereocenters. The lowest BCUT2D eigenvalue weighted by molar-refractivity contribution is 0.218. The Morgan fingerprint density at radius 1 is 0.933 bits per heavy atom. The standard InChI is InChI=1S/C14H26S/c1-11(2)10-12(3)6-8-13(4)14(5,15-13)9-7-12/h11H,6-10H2,1-5H3. The van der Waals surface area contributed by atoms with Crippen molar-refractivity contribution in [3.63, 3.8) is 0 Å². The van der Waals surface area contributed by atoms with Crippen LogP contribution in [0, 0.1) is 11.3 Å². The van der Waals surface area contributed by atoms with Gasteiger partial charge in [-0.2, -0.15) is 0 Å². The van der Waals surface area contributed by atoms with Crippen LogP contribution in [-0.2, 0) is 0 Å². The predicted octanol–water partition coefficient (Wildman–Crippen LogP) is 4.88. The molecule has 2 atom stereocenters. The topological polar surface area (TPSA) is 0 Å². The highest BCUT2D eigenvalue weighted by atomic mass is 32.2. The SMILES string of the molecule is CC(C)CC1(C)CCC2(C)SC2(C)CC1. The lowest BCUT2D eigenvalue weighted by Gasteiger charge is -2.31. The van der Waals surface area contributed by atoms with Gasteiger partial charge in [0.05, 0.1) is 0 Å². The van der Waals surface area contributed by atoms with E-state index in [0.717, 1.165) is 5.92 Å². The van der Waals surface area contributed by atoms with Crippen LogP contribution in [0.25, 0.3) is 0 Å². The van der Waals surface area contributed by atoms with Crippen LogP contribution in [0.4, 0.5) is 0 Å². The highest BCUT2D eigenvalue weighted by Gasteiger charge is 2.63. The van der Waals surface area contributed by atoms with Gasteiger partial charge in [-0.25, -0.2) is 0 Å². The van der Waals surface area contributed by atoms with E-state index in [1.54, 1.807) is 0 Å². The van der Waals surface area contributed by atoms with Gasteiger partial charge in [-0.05, 0) is 57.3 Å². The second-order valence-corrected chi connectivity index (χ2v) is 8.98. The van der Waals surface area contributed by atoms with Crippen LogP contribution in [0.5, 0.6) is 0 Å². The summed E-state index contributed by atoms with van der Waals surface area (Å²) in [6.07, 6.45) is 7.20. The van der Waals surface area contributed by atoms with Crippen molar-refractivity contribution in [2.24, 2.45) is 11.3 Å². The molecule has 0 nitrogen and oxygen atoms in total. The molecule has 88 valence electrons. The number of hydrogen-bond donors (Lipinski definition) is 0. The molecule has 1 saturated heterocycles. The van der Waals surface area contributed by atoms with Crippen LogP contribution >= 0.6 is 11.8 Å². The second-order valence-electron chi connectivity index (χ2n) is 6.97. The predicted molar refractivity (Wildman–Crippen MR) is 70.4 cm³/mol. The van der Waals surface area contributed by atoms with Gasteiger partial charge in [0.15, 0.2) is 0 Å². The first-order valence-electron chi connectivity index (χ1n) is 6.49. The highest BCUT2D eigenvalue weighted by Crippen LogP contribution is 2.70. The molecule has 15 heavy (non-hydrogen) atoms. The minimum atomic E-state index is 0.627. The van der Waals surface area contributed by atoms with E-state index >= 15 is 0 Å². The fraction of sp³-hybridized carbons (Fsp3) is 1.00. The van der Waals surface area contributed by atoms with Crippen molar-refractivity contribution in [3.8, 4) is 0 Å². The summed E-state index contributed by atoms with van der Waals surface area (Å²) in [5.74, 6) is 0.859. The maximum Gasteiger partial charge on any atom is 0.0282 e. The zero-order valence-electron chi connectivity index (χ0n) is 11.0. The number of thioether (sulfide) groups is 1. The molecule has 1 saturated carbocycles. The molecular weight excluding hydrogens is 200 g/mol. The Morgan fingerprint density at radius 3 is 1.80 bits per heavy atom. The van der Waals surface area contributed by atoms with E-state index < -0.39 is 0 Å². The first kappa shape index (κ1) is 11.8. The Labute approximate surface area is 99.6 Å². The van der Waals surface area contributed by atoms with Crippen molar-refractivity contribution in [1.82, 2.24) is 0 Å². The fourth-order valence-electron chi connectivity index (χ4n) is 3.50. The lowest BCUT2D eigenvalue weighted by Crippen LogP contribution is -2.19. The van der Waals surface area contributed by atoms with E-state index in [-0.39, 0.29) is 0 Å². The molecule has 0 amide bonds. The van der Waals surface area contributed by atoms with E-state index in [1.165, 1.54) is 32.1 Å². The third kappa shape index (κ3) is 2.09. The first-order chi connectivity index (χ1) is 6.79. The van der Waals surface area contributed by atoms with Gasteiger partial charge < -0.3 is 0 Å². The Kier molecular flexibility index (Phi) is 2.70. The molecule has 2 aliphatic rings. The van der Waals surface area contributed by atoms with Crippen molar-refractivity contribution in [1.29, 1.82) is 0 Å². The maximum atomic E-state index is 2.52. The van der Waals surface area contributed by atoms with E-state index in [0.29, 0.717) is 14.9 Å². The largest absolute Gasteiger partial charge is 0.146 e. The zero-order valence-corrected chi connectivity index (χ0v) is 11.8. The van der Waals surface area contributed by atoms with Crippen molar-refractivity contribution in [3.05, 3.63) is 0 Å². The Morgan fingerprint density at radius 2 is 1.40 bits per heavy atom. The molecule has 0 aromatic heterocycles. The van der Waals surface area contributed by atoms with Gasteiger partial charge in [0.25, 0.3) is 0 Å². The van der Waals surface area contributed by atoms with E-state index in [9.17, 15) is 0 Å². The smallest absolute Gasteiger partial charge is 0.0282 e. The third-order valence-corrected chi connectivity index (χ3v) is 6.85. The molecule has 0 spiro atoms. The van der Waals surface area contributed by atoms with Gasteiger partial charge in [-0.15, -0.1) is 11.8 Å². The minimum absolute atomic E-state index is 0.627. The molecule has 1 aliphatic carbocycles. The van der Waals surface area contributed by atoms with Crippen LogP contribution in [0.15, 0.2) is 0 Å². The summed E-state index contributed by atoms with van der Waals surface area (Å²) in [6.45, 7) is 12.2. The lowest BCUT2D eigenvalue weighted by atomic mass is 9.76. The summed E-state index contributed by atoms with van der Waals surface area (Å²) in [7, 11) is 0. The van der Waals surface area contributed by atoms with Gasteiger partial charge in [0.2, 0.25) is 0 Å². The van der Waals surface area contributed by atoms with Crippen molar-refractivity contribution in [2.75, 3.05) is 0 Å². The monoisotopic (exact) mass is 226 g/mol.